The second-order valence-electron chi connectivity index (χ2n) is 11.0. The maximum absolute atomic E-state index is 12.6. The zero-order valence-electron chi connectivity index (χ0n) is 20.5. The van der Waals surface area contributed by atoms with E-state index >= 15 is 0 Å². The summed E-state index contributed by atoms with van der Waals surface area (Å²) < 4.78 is 20.5. The number of hydrogen-bond donors (Lipinski definition) is 1. The maximum Gasteiger partial charge on any atom is 0.330 e. The number of aryl methyl sites for hydroxylation is 1. The number of rotatable bonds is 6. The number of nitrogens with zero attached hydrogens (tertiary/aromatic N) is 2. The monoisotopic (exact) mass is 467 g/mol. The van der Waals surface area contributed by atoms with Gasteiger partial charge in [-0.15, -0.1) is 0 Å². The molecular weight excluding hydrogens is 430 g/mol. The highest BCUT2D eigenvalue weighted by Gasteiger charge is 2.58. The van der Waals surface area contributed by atoms with Gasteiger partial charge in [0.15, 0.2) is 16.6 Å². The standard InChI is InChI=1S/C21H37N3O5Si2/c1-14-11-24(19(26)23-17(14)25)18-15(2)16(29-31(9,10)20(3,4)5)21(12-22,28-18)13-27-30(6,7)8/h11,15-16,18H,13H2,1-10H3,(H,23,25,26)/t15-,16-,18+,21+/m0/s1. The second kappa shape index (κ2) is 8.44. The highest BCUT2D eigenvalue weighted by molar-refractivity contribution is 6.74. The van der Waals surface area contributed by atoms with Crippen LogP contribution in [0.25, 0.3) is 0 Å². The molecule has 1 aliphatic rings. The van der Waals surface area contributed by atoms with E-state index in [1.165, 1.54) is 10.8 Å². The molecule has 8 nitrogen and oxygen atoms in total. The van der Waals surface area contributed by atoms with Crippen molar-refractivity contribution in [3.05, 3.63) is 32.6 Å². The van der Waals surface area contributed by atoms with Crippen LogP contribution < -0.4 is 11.2 Å². The molecule has 0 radical (unpaired) electrons. The third-order valence-electron chi connectivity index (χ3n) is 6.27. The van der Waals surface area contributed by atoms with Crippen LogP contribution in [0.5, 0.6) is 0 Å². The average molecular weight is 468 g/mol. The Morgan fingerprint density at radius 3 is 2.32 bits per heavy atom. The largest absolute Gasteiger partial charge is 0.413 e. The minimum absolute atomic E-state index is 0.0659. The Morgan fingerprint density at radius 1 is 1.26 bits per heavy atom. The van der Waals surface area contributed by atoms with Gasteiger partial charge < -0.3 is 13.6 Å². The van der Waals surface area contributed by atoms with Crippen LogP contribution in [0.1, 0.15) is 39.5 Å². The summed E-state index contributed by atoms with van der Waals surface area (Å²) in [5.41, 5.74) is -1.97. The molecule has 1 N–H and O–H groups in total. The van der Waals surface area contributed by atoms with Crippen molar-refractivity contribution in [2.75, 3.05) is 6.61 Å². The van der Waals surface area contributed by atoms with E-state index in [2.05, 4.69) is 44.9 Å². The third kappa shape index (κ3) is 5.28. The third-order valence-corrected chi connectivity index (χ3v) is 11.7. The van der Waals surface area contributed by atoms with E-state index in [0.717, 1.165) is 0 Å². The zero-order valence-corrected chi connectivity index (χ0v) is 22.5. The van der Waals surface area contributed by atoms with Gasteiger partial charge in [0.05, 0.1) is 12.7 Å². The summed E-state index contributed by atoms with van der Waals surface area (Å²) >= 11 is 0. The van der Waals surface area contributed by atoms with Crippen molar-refractivity contribution in [1.29, 1.82) is 5.26 Å². The van der Waals surface area contributed by atoms with Gasteiger partial charge in [-0.25, -0.2) is 4.79 Å². The van der Waals surface area contributed by atoms with Crippen LogP contribution in [0.3, 0.4) is 0 Å². The van der Waals surface area contributed by atoms with E-state index in [-0.39, 0.29) is 17.6 Å². The first-order valence-corrected chi connectivity index (χ1v) is 17.0. The van der Waals surface area contributed by atoms with Gasteiger partial charge in [0.25, 0.3) is 5.56 Å². The fourth-order valence-corrected chi connectivity index (χ4v) is 5.35. The quantitative estimate of drug-likeness (QED) is 0.642. The number of ether oxygens (including phenoxy) is 1. The fourth-order valence-electron chi connectivity index (χ4n) is 3.31. The molecule has 0 spiro atoms. The predicted molar refractivity (Wildman–Crippen MR) is 125 cm³/mol. The summed E-state index contributed by atoms with van der Waals surface area (Å²) in [6.07, 6.45) is 0.139. The first-order chi connectivity index (χ1) is 13.9. The van der Waals surface area contributed by atoms with E-state index in [1.54, 1.807) is 6.92 Å². The van der Waals surface area contributed by atoms with Gasteiger partial charge in [0.2, 0.25) is 5.60 Å². The molecule has 1 saturated heterocycles. The van der Waals surface area contributed by atoms with Gasteiger partial charge in [0.1, 0.15) is 12.3 Å². The lowest BCUT2D eigenvalue weighted by molar-refractivity contribution is -0.0875. The second-order valence-corrected chi connectivity index (χ2v) is 20.3. The molecule has 1 aromatic rings. The molecule has 1 aromatic heterocycles. The molecule has 31 heavy (non-hydrogen) atoms. The van der Waals surface area contributed by atoms with E-state index < -0.39 is 45.8 Å². The van der Waals surface area contributed by atoms with Crippen molar-refractivity contribution < 1.29 is 13.6 Å². The van der Waals surface area contributed by atoms with Gasteiger partial charge in [-0.1, -0.05) is 27.7 Å². The fraction of sp³-hybridized carbons (Fsp3) is 0.762. The highest BCUT2D eigenvalue weighted by Crippen LogP contribution is 2.47. The molecule has 0 bridgehead atoms. The molecule has 2 heterocycles. The molecule has 0 saturated carbocycles. The summed E-state index contributed by atoms with van der Waals surface area (Å²) in [7, 11) is -4.23. The summed E-state index contributed by atoms with van der Waals surface area (Å²) in [5.74, 6) is -0.318. The Labute approximate surface area is 186 Å². The van der Waals surface area contributed by atoms with Crippen LogP contribution in [0.2, 0.25) is 37.8 Å². The van der Waals surface area contributed by atoms with Crippen LogP contribution >= 0.6 is 0 Å². The van der Waals surface area contributed by atoms with Gasteiger partial charge in [-0.2, -0.15) is 5.26 Å². The number of aromatic amines is 1. The Bertz CT molecular complexity index is 967. The Balaban J connectivity index is 2.58. The molecule has 10 heteroatoms. The summed E-state index contributed by atoms with van der Waals surface area (Å²) in [5, 5.41) is 10.2. The molecule has 4 atom stereocenters. The lowest BCUT2D eigenvalue weighted by Crippen LogP contribution is -2.54. The molecule has 0 amide bonds. The molecule has 1 fully saturated rings. The van der Waals surface area contributed by atoms with Crippen LogP contribution in [0, 0.1) is 24.2 Å². The Hall–Kier alpha value is -1.52. The van der Waals surface area contributed by atoms with Gasteiger partial charge >= 0.3 is 5.69 Å². The van der Waals surface area contributed by atoms with E-state index in [4.69, 9.17) is 13.6 Å². The predicted octanol–water partition coefficient (Wildman–Crippen LogP) is 3.51. The summed E-state index contributed by atoms with van der Waals surface area (Å²) in [4.78, 5) is 26.8. The number of aromatic nitrogens is 2. The van der Waals surface area contributed by atoms with E-state index in [1.807, 2.05) is 26.6 Å². The topological polar surface area (TPSA) is 106 Å². The summed E-state index contributed by atoms with van der Waals surface area (Å²) in [6.45, 7) is 20.4. The Kier molecular flexibility index (Phi) is 7.01. The minimum atomic E-state index is -2.28. The van der Waals surface area contributed by atoms with Crippen LogP contribution in [0.15, 0.2) is 15.8 Å². The van der Waals surface area contributed by atoms with Crippen molar-refractivity contribution in [2.45, 2.75) is 90.3 Å². The first kappa shape index (κ1) is 25.7. The van der Waals surface area contributed by atoms with E-state index in [0.29, 0.717) is 5.56 Å². The molecule has 2 rings (SSSR count). The molecule has 174 valence electrons. The van der Waals surface area contributed by atoms with Gasteiger partial charge in [-0.3, -0.25) is 14.3 Å². The van der Waals surface area contributed by atoms with Gasteiger partial charge in [-0.05, 0) is 44.7 Å². The van der Waals surface area contributed by atoms with Crippen LogP contribution in [-0.2, 0) is 13.6 Å². The lowest BCUT2D eigenvalue weighted by Gasteiger charge is -2.42. The maximum atomic E-state index is 12.6. The van der Waals surface area contributed by atoms with Crippen molar-refractivity contribution in [2.24, 2.45) is 5.92 Å². The van der Waals surface area contributed by atoms with Gasteiger partial charge in [0, 0.05) is 17.7 Å². The zero-order chi connectivity index (χ0) is 24.0. The van der Waals surface area contributed by atoms with Crippen molar-refractivity contribution in [1.82, 2.24) is 9.55 Å². The molecule has 1 aliphatic heterocycles. The molecular formula is C21H37N3O5Si2. The number of nitriles is 1. The normalized spacial score (nSPS) is 27.3. The van der Waals surface area contributed by atoms with Crippen LogP contribution in [0.4, 0.5) is 0 Å². The number of hydrogen-bond acceptors (Lipinski definition) is 6. The minimum Gasteiger partial charge on any atom is -0.413 e. The smallest absolute Gasteiger partial charge is 0.330 e. The van der Waals surface area contributed by atoms with Crippen molar-refractivity contribution in [3.63, 3.8) is 0 Å². The Morgan fingerprint density at radius 2 is 1.84 bits per heavy atom. The lowest BCUT2D eigenvalue weighted by atomic mass is 9.92. The van der Waals surface area contributed by atoms with Crippen molar-refractivity contribution in [3.8, 4) is 6.07 Å². The number of nitrogens with one attached hydrogen (secondary N) is 1. The molecule has 0 unspecified atom stereocenters. The summed E-state index contributed by atoms with van der Waals surface area (Å²) in [6, 6.07) is 2.33. The first-order valence-electron chi connectivity index (χ1n) is 10.7. The SMILES string of the molecule is Cc1cn([C@@H]2O[C@](C#N)(CO[Si](C)(C)C)[C@@H](O[Si](C)(C)C(C)(C)C)[C@@H]2C)c(=O)[nH]c1=O. The van der Waals surface area contributed by atoms with Crippen molar-refractivity contribution >= 4 is 16.6 Å². The molecule has 0 aromatic carbocycles. The van der Waals surface area contributed by atoms with E-state index in [9.17, 15) is 14.9 Å². The van der Waals surface area contributed by atoms with Crippen LogP contribution in [-0.4, -0.2) is 44.5 Å². The number of H-pyrrole nitrogens is 1. The molecule has 0 aliphatic carbocycles. The highest BCUT2D eigenvalue weighted by atomic mass is 28.4. The average Bonchev–Trinajstić information content (AvgIpc) is 2.87.